The highest BCUT2D eigenvalue weighted by Gasteiger charge is 2.14. The number of nitrogens with one attached hydrogen (secondary N) is 1. The number of ether oxygens (including phenoxy) is 1. The Morgan fingerprint density at radius 2 is 1.76 bits per heavy atom. The van der Waals surface area contributed by atoms with Crippen molar-refractivity contribution in [3.8, 4) is 5.75 Å². The zero-order valence-electron chi connectivity index (χ0n) is 14.7. The van der Waals surface area contributed by atoms with E-state index in [0.717, 1.165) is 16.9 Å². The van der Waals surface area contributed by atoms with E-state index < -0.39 is 0 Å². The highest BCUT2D eigenvalue weighted by molar-refractivity contribution is 5.96. The Hall–Kier alpha value is -2.82. The first-order valence-corrected chi connectivity index (χ1v) is 8.26. The van der Waals surface area contributed by atoms with Gasteiger partial charge in [-0.25, -0.2) is 0 Å². The summed E-state index contributed by atoms with van der Waals surface area (Å²) in [5.74, 6) is 0.345. The van der Waals surface area contributed by atoms with E-state index in [9.17, 15) is 9.59 Å². The highest BCUT2D eigenvalue weighted by atomic mass is 16.5. The molecule has 0 saturated heterocycles. The lowest BCUT2D eigenvalue weighted by Crippen LogP contribution is -2.33. The number of rotatable bonds is 8. The Kier molecular flexibility index (Phi) is 7.01. The van der Waals surface area contributed by atoms with Gasteiger partial charge in [-0.3, -0.25) is 9.59 Å². The Bertz CT molecular complexity index is 701. The smallest absolute Gasteiger partial charge is 0.232 e. The van der Waals surface area contributed by atoms with Gasteiger partial charge in [0.1, 0.15) is 12.2 Å². The lowest BCUT2D eigenvalue weighted by atomic mass is 10.1. The molecule has 0 heterocycles. The molecule has 0 radical (unpaired) electrons. The Labute approximate surface area is 148 Å². The van der Waals surface area contributed by atoms with Crippen molar-refractivity contribution in [2.75, 3.05) is 20.7 Å². The fraction of sp³-hybridized carbons (Fsp3) is 0.300. The number of carbonyl (C=O) groups is 2. The number of hydrogen-bond donors (Lipinski definition) is 1. The average molecular weight is 340 g/mol. The molecule has 0 aliphatic carbocycles. The van der Waals surface area contributed by atoms with Gasteiger partial charge in [-0.2, -0.15) is 0 Å². The van der Waals surface area contributed by atoms with Crippen LogP contribution in [0.2, 0.25) is 0 Å². The van der Waals surface area contributed by atoms with Gasteiger partial charge in [-0.15, -0.1) is 0 Å². The molecule has 2 aromatic rings. The van der Waals surface area contributed by atoms with Gasteiger partial charge in [0.2, 0.25) is 11.8 Å². The predicted molar refractivity (Wildman–Crippen MR) is 97.2 cm³/mol. The first-order chi connectivity index (χ1) is 12.1. The summed E-state index contributed by atoms with van der Waals surface area (Å²) >= 11 is 0. The zero-order valence-corrected chi connectivity index (χ0v) is 14.7. The zero-order chi connectivity index (χ0) is 18.1. The molecule has 0 aromatic heterocycles. The third-order valence-corrected chi connectivity index (χ3v) is 3.87. The summed E-state index contributed by atoms with van der Waals surface area (Å²) in [4.78, 5) is 25.6. The van der Waals surface area contributed by atoms with Crippen LogP contribution in [0.25, 0.3) is 0 Å². The molecule has 0 atom stereocenters. The van der Waals surface area contributed by atoms with Crippen molar-refractivity contribution in [3.63, 3.8) is 0 Å². The first kappa shape index (κ1) is 18.5. The van der Waals surface area contributed by atoms with Crippen LogP contribution in [0.3, 0.4) is 0 Å². The van der Waals surface area contributed by atoms with Crippen molar-refractivity contribution in [1.82, 2.24) is 10.2 Å². The molecule has 0 fully saturated rings. The van der Waals surface area contributed by atoms with Crippen LogP contribution in [-0.2, 0) is 22.6 Å². The Morgan fingerprint density at radius 1 is 1.04 bits per heavy atom. The number of methoxy groups -OCH3 is 1. The molecule has 5 nitrogen and oxygen atoms in total. The van der Waals surface area contributed by atoms with Crippen LogP contribution in [-0.4, -0.2) is 37.4 Å². The summed E-state index contributed by atoms with van der Waals surface area (Å²) in [7, 11) is 3.33. The van der Waals surface area contributed by atoms with Gasteiger partial charge >= 0.3 is 0 Å². The van der Waals surface area contributed by atoms with E-state index in [4.69, 9.17) is 4.74 Å². The molecule has 0 aliphatic rings. The number of benzene rings is 2. The van der Waals surface area contributed by atoms with Crippen molar-refractivity contribution >= 4 is 11.8 Å². The number of nitrogens with zero attached hydrogens (tertiary/aromatic N) is 1. The van der Waals surface area contributed by atoms with E-state index in [1.165, 1.54) is 0 Å². The molecular weight excluding hydrogens is 316 g/mol. The van der Waals surface area contributed by atoms with Crippen LogP contribution >= 0.6 is 0 Å². The maximum absolute atomic E-state index is 12.1. The second-order valence-corrected chi connectivity index (χ2v) is 5.86. The second-order valence-electron chi connectivity index (χ2n) is 5.86. The number of amides is 2. The molecule has 5 heteroatoms. The maximum atomic E-state index is 12.1. The van der Waals surface area contributed by atoms with E-state index in [2.05, 4.69) is 5.32 Å². The van der Waals surface area contributed by atoms with Gasteiger partial charge in [0, 0.05) is 20.1 Å². The summed E-state index contributed by atoms with van der Waals surface area (Å²) < 4.78 is 5.17. The van der Waals surface area contributed by atoms with Crippen LogP contribution in [0.5, 0.6) is 5.75 Å². The Balaban J connectivity index is 1.72. The van der Waals surface area contributed by atoms with Gasteiger partial charge in [0.15, 0.2) is 0 Å². The standard InChI is InChI=1S/C20H24N2O3/c1-22(15-17-7-4-3-5-8-17)20(24)14-19(23)21-12-11-16-9-6-10-18(13-16)25-2/h3-10,13H,11-12,14-15H2,1-2H3,(H,21,23). The predicted octanol–water partition coefficient (Wildman–Crippen LogP) is 2.40. The highest BCUT2D eigenvalue weighted by Crippen LogP contribution is 2.12. The summed E-state index contributed by atoms with van der Waals surface area (Å²) in [6.45, 7) is 0.985. The molecule has 0 spiro atoms. The van der Waals surface area contributed by atoms with Gasteiger partial charge in [0.25, 0.3) is 0 Å². The summed E-state index contributed by atoms with van der Waals surface area (Å²) in [5.41, 5.74) is 2.11. The van der Waals surface area contributed by atoms with Crippen LogP contribution < -0.4 is 10.1 Å². The second kappa shape index (κ2) is 9.47. The molecule has 0 aliphatic heterocycles. The van der Waals surface area contributed by atoms with Crippen molar-refractivity contribution in [2.45, 2.75) is 19.4 Å². The third kappa shape index (κ3) is 6.30. The fourth-order valence-corrected chi connectivity index (χ4v) is 2.45. The van der Waals surface area contributed by atoms with Crippen molar-refractivity contribution in [3.05, 3.63) is 65.7 Å². The molecule has 2 amide bonds. The fourth-order valence-electron chi connectivity index (χ4n) is 2.45. The molecular formula is C20H24N2O3. The quantitative estimate of drug-likeness (QED) is 0.751. The number of hydrogen-bond acceptors (Lipinski definition) is 3. The Morgan fingerprint density at radius 3 is 2.48 bits per heavy atom. The first-order valence-electron chi connectivity index (χ1n) is 8.26. The minimum atomic E-state index is -0.257. The lowest BCUT2D eigenvalue weighted by molar-refractivity contribution is -0.135. The molecule has 0 saturated carbocycles. The lowest BCUT2D eigenvalue weighted by Gasteiger charge is -2.17. The number of carbonyl (C=O) groups excluding carboxylic acids is 2. The maximum Gasteiger partial charge on any atom is 0.232 e. The molecule has 0 bridgehead atoms. The van der Waals surface area contributed by atoms with Gasteiger partial charge in [-0.1, -0.05) is 42.5 Å². The van der Waals surface area contributed by atoms with E-state index in [0.29, 0.717) is 19.5 Å². The molecule has 1 N–H and O–H groups in total. The van der Waals surface area contributed by atoms with Crippen LogP contribution in [0.1, 0.15) is 17.5 Å². The van der Waals surface area contributed by atoms with E-state index >= 15 is 0 Å². The topological polar surface area (TPSA) is 58.6 Å². The van der Waals surface area contributed by atoms with E-state index in [-0.39, 0.29) is 18.2 Å². The van der Waals surface area contributed by atoms with Crippen LogP contribution in [0, 0.1) is 0 Å². The molecule has 25 heavy (non-hydrogen) atoms. The van der Waals surface area contributed by atoms with Crippen molar-refractivity contribution < 1.29 is 14.3 Å². The molecule has 2 aromatic carbocycles. The monoisotopic (exact) mass is 340 g/mol. The largest absolute Gasteiger partial charge is 0.497 e. The van der Waals surface area contributed by atoms with Crippen LogP contribution in [0.15, 0.2) is 54.6 Å². The van der Waals surface area contributed by atoms with Gasteiger partial charge in [-0.05, 0) is 29.7 Å². The van der Waals surface area contributed by atoms with Crippen LogP contribution in [0.4, 0.5) is 0 Å². The SMILES string of the molecule is COc1cccc(CCNC(=O)CC(=O)N(C)Cc2ccccc2)c1. The molecule has 2 rings (SSSR count). The van der Waals surface area contributed by atoms with Gasteiger partial charge in [0.05, 0.1) is 7.11 Å². The van der Waals surface area contributed by atoms with Crippen molar-refractivity contribution in [1.29, 1.82) is 0 Å². The van der Waals surface area contributed by atoms with Gasteiger partial charge < -0.3 is 15.0 Å². The molecule has 132 valence electrons. The average Bonchev–Trinajstić information content (AvgIpc) is 2.62. The van der Waals surface area contributed by atoms with E-state index in [1.54, 1.807) is 19.1 Å². The third-order valence-electron chi connectivity index (χ3n) is 3.87. The molecule has 0 unspecified atom stereocenters. The summed E-state index contributed by atoms with van der Waals surface area (Å²) in [6, 6.07) is 17.4. The minimum Gasteiger partial charge on any atom is -0.497 e. The normalized spacial score (nSPS) is 10.2. The van der Waals surface area contributed by atoms with Crippen molar-refractivity contribution in [2.24, 2.45) is 0 Å². The summed E-state index contributed by atoms with van der Waals surface area (Å²) in [6.07, 6.45) is 0.554. The summed E-state index contributed by atoms with van der Waals surface area (Å²) in [5, 5.41) is 2.79. The minimum absolute atomic E-state index is 0.137. The van der Waals surface area contributed by atoms with E-state index in [1.807, 2.05) is 54.6 Å².